The molecule has 0 unspecified atom stereocenters. The lowest BCUT2D eigenvalue weighted by atomic mass is 9.96. The molecule has 230 valence electrons. The first-order valence-electron chi connectivity index (χ1n) is 15.0. The molecular weight excluding hydrogens is 562 g/mol. The number of aryl methyl sites for hydroxylation is 2. The fourth-order valence-corrected chi connectivity index (χ4v) is 5.43. The second kappa shape index (κ2) is 13.6. The van der Waals surface area contributed by atoms with Gasteiger partial charge in [-0.2, -0.15) is 9.78 Å². The van der Waals surface area contributed by atoms with Crippen molar-refractivity contribution in [3.63, 3.8) is 0 Å². The third-order valence-electron chi connectivity index (χ3n) is 7.72. The molecule has 0 aliphatic heterocycles. The van der Waals surface area contributed by atoms with E-state index >= 15 is 0 Å². The van der Waals surface area contributed by atoms with Crippen molar-refractivity contribution < 1.29 is 14.2 Å². The number of hydrogen-bond donors (Lipinski definition) is 0. The number of ether oxygens (including phenoxy) is 3. The molecule has 0 bridgehead atoms. The van der Waals surface area contributed by atoms with E-state index in [9.17, 15) is 4.79 Å². The van der Waals surface area contributed by atoms with Crippen LogP contribution in [0.1, 0.15) is 53.1 Å². The number of benzene rings is 4. The molecule has 1 aromatic heterocycles. The monoisotopic (exact) mass is 601 g/mol. The Hall–Kier alpha value is -5.17. The van der Waals surface area contributed by atoms with E-state index in [-0.39, 0.29) is 11.5 Å². The summed E-state index contributed by atoms with van der Waals surface area (Å²) in [7, 11) is 3.28. The lowest BCUT2D eigenvalue weighted by Gasteiger charge is -2.17. The molecule has 5 aromatic rings. The molecule has 0 amide bonds. The van der Waals surface area contributed by atoms with Gasteiger partial charge in [-0.1, -0.05) is 61.9 Å². The third kappa shape index (κ3) is 6.68. The van der Waals surface area contributed by atoms with Crippen LogP contribution < -0.4 is 19.8 Å². The Labute approximate surface area is 264 Å². The van der Waals surface area contributed by atoms with Crippen LogP contribution in [0.4, 0.5) is 0 Å². The van der Waals surface area contributed by atoms with Gasteiger partial charge in [0.15, 0.2) is 17.3 Å². The van der Waals surface area contributed by atoms with Gasteiger partial charge in [0.2, 0.25) is 0 Å². The molecule has 0 N–H and O–H groups in total. The standard InChI is InChI=1S/C38H39N3O4/c1-8-12-29-19-28(20-35(44-7)36(29)45-23-27-14-11-13-25(4)17-27)22-39-41-37(40-33-16-10-9-15-30(33)38(41)42)32-21-31(24(2)3)34(43-6)18-26(32)5/h8-11,13-22,24H,1,12,23H2,2-7H3. The first-order valence-corrected chi connectivity index (χ1v) is 15.0. The Morgan fingerprint density at radius 2 is 1.73 bits per heavy atom. The van der Waals surface area contributed by atoms with E-state index in [1.807, 2.05) is 67.6 Å². The quantitative estimate of drug-likeness (QED) is 0.113. The minimum absolute atomic E-state index is 0.200. The van der Waals surface area contributed by atoms with Crippen LogP contribution in [-0.2, 0) is 13.0 Å². The molecule has 7 nitrogen and oxygen atoms in total. The Balaban J connectivity index is 1.62. The highest BCUT2D eigenvalue weighted by Gasteiger charge is 2.19. The van der Waals surface area contributed by atoms with E-state index in [4.69, 9.17) is 24.3 Å². The molecule has 5 rings (SSSR count). The molecule has 0 aliphatic carbocycles. The molecule has 0 atom stereocenters. The second-order valence-electron chi connectivity index (χ2n) is 11.4. The normalized spacial score (nSPS) is 11.4. The number of hydrogen-bond acceptors (Lipinski definition) is 6. The number of rotatable bonds is 11. The second-order valence-corrected chi connectivity index (χ2v) is 11.4. The van der Waals surface area contributed by atoms with Gasteiger partial charge in [0, 0.05) is 11.1 Å². The van der Waals surface area contributed by atoms with E-state index < -0.39 is 0 Å². The molecule has 7 heteroatoms. The Kier molecular flexibility index (Phi) is 9.48. The van der Waals surface area contributed by atoms with Crippen molar-refractivity contribution >= 4 is 17.1 Å². The number of methoxy groups -OCH3 is 2. The summed E-state index contributed by atoms with van der Waals surface area (Å²) >= 11 is 0. The summed E-state index contributed by atoms with van der Waals surface area (Å²) in [6.45, 7) is 12.6. The number of allylic oxidation sites excluding steroid dienone is 1. The molecule has 1 heterocycles. The number of aromatic nitrogens is 2. The van der Waals surface area contributed by atoms with Crippen molar-refractivity contribution in [1.29, 1.82) is 0 Å². The molecule has 0 spiro atoms. The average Bonchev–Trinajstić information content (AvgIpc) is 3.03. The number of fused-ring (bicyclic) bond motifs is 1. The Bertz CT molecular complexity index is 1960. The van der Waals surface area contributed by atoms with Crippen molar-refractivity contribution in [2.45, 2.75) is 46.6 Å². The van der Waals surface area contributed by atoms with Gasteiger partial charge in [0.25, 0.3) is 5.56 Å². The van der Waals surface area contributed by atoms with Crippen molar-refractivity contribution in [3.8, 4) is 28.6 Å². The molecule has 0 aliphatic rings. The predicted molar refractivity (Wildman–Crippen MR) is 182 cm³/mol. The molecule has 0 radical (unpaired) electrons. The van der Waals surface area contributed by atoms with E-state index in [1.165, 1.54) is 10.2 Å². The van der Waals surface area contributed by atoms with Crippen molar-refractivity contribution in [2.75, 3.05) is 14.2 Å². The van der Waals surface area contributed by atoms with Crippen LogP contribution in [0.15, 0.2) is 95.3 Å². The largest absolute Gasteiger partial charge is 0.496 e. The molecule has 4 aromatic carbocycles. The zero-order valence-electron chi connectivity index (χ0n) is 26.8. The summed E-state index contributed by atoms with van der Waals surface area (Å²) in [5.41, 5.74) is 6.98. The molecule has 0 saturated carbocycles. The highest BCUT2D eigenvalue weighted by Crippen LogP contribution is 2.35. The van der Waals surface area contributed by atoms with E-state index in [0.717, 1.165) is 39.1 Å². The Morgan fingerprint density at radius 1 is 0.956 bits per heavy atom. The van der Waals surface area contributed by atoms with E-state index in [0.29, 0.717) is 41.3 Å². The van der Waals surface area contributed by atoms with Crippen LogP contribution in [0.2, 0.25) is 0 Å². The summed E-state index contributed by atoms with van der Waals surface area (Å²) in [6, 6.07) is 23.4. The van der Waals surface area contributed by atoms with Gasteiger partial charge in [0.05, 0.1) is 31.3 Å². The predicted octanol–water partition coefficient (Wildman–Crippen LogP) is 8.01. The van der Waals surface area contributed by atoms with Crippen LogP contribution in [0.3, 0.4) is 0 Å². The lowest BCUT2D eigenvalue weighted by Crippen LogP contribution is -2.21. The first-order chi connectivity index (χ1) is 21.7. The highest BCUT2D eigenvalue weighted by atomic mass is 16.5. The molecule has 0 fully saturated rings. The van der Waals surface area contributed by atoms with Crippen molar-refractivity contribution in [2.24, 2.45) is 5.10 Å². The zero-order valence-corrected chi connectivity index (χ0v) is 26.8. The number of para-hydroxylation sites is 1. The van der Waals surface area contributed by atoms with Gasteiger partial charge >= 0.3 is 0 Å². The molecule has 0 saturated heterocycles. The lowest BCUT2D eigenvalue weighted by molar-refractivity contribution is 0.282. The number of nitrogens with zero attached hydrogens (tertiary/aromatic N) is 3. The maximum atomic E-state index is 13.9. The Morgan fingerprint density at radius 3 is 2.44 bits per heavy atom. The minimum atomic E-state index is -0.260. The fourth-order valence-electron chi connectivity index (χ4n) is 5.43. The summed E-state index contributed by atoms with van der Waals surface area (Å²) in [6.07, 6.45) is 4.04. The van der Waals surface area contributed by atoms with Crippen LogP contribution in [0.25, 0.3) is 22.3 Å². The zero-order chi connectivity index (χ0) is 32.1. The maximum Gasteiger partial charge on any atom is 0.282 e. The average molecular weight is 602 g/mol. The van der Waals surface area contributed by atoms with Gasteiger partial charge in [0.1, 0.15) is 12.4 Å². The van der Waals surface area contributed by atoms with Gasteiger partial charge < -0.3 is 14.2 Å². The highest BCUT2D eigenvalue weighted by molar-refractivity contribution is 5.83. The van der Waals surface area contributed by atoms with Crippen molar-refractivity contribution in [3.05, 3.63) is 129 Å². The smallest absolute Gasteiger partial charge is 0.282 e. The third-order valence-corrected chi connectivity index (χ3v) is 7.72. The first kappa shape index (κ1) is 31.3. The van der Waals surface area contributed by atoms with Crippen LogP contribution >= 0.6 is 0 Å². The van der Waals surface area contributed by atoms with Crippen molar-refractivity contribution in [1.82, 2.24) is 9.66 Å². The minimum Gasteiger partial charge on any atom is -0.496 e. The summed E-state index contributed by atoms with van der Waals surface area (Å²) in [5, 5.41) is 5.22. The topological polar surface area (TPSA) is 74.9 Å². The van der Waals surface area contributed by atoms with Crippen LogP contribution in [-0.4, -0.2) is 30.1 Å². The van der Waals surface area contributed by atoms with Crippen LogP contribution in [0, 0.1) is 13.8 Å². The van der Waals surface area contributed by atoms with E-state index in [1.54, 1.807) is 26.5 Å². The summed E-state index contributed by atoms with van der Waals surface area (Å²) in [4.78, 5) is 18.9. The summed E-state index contributed by atoms with van der Waals surface area (Å²) in [5.74, 6) is 2.67. The maximum absolute atomic E-state index is 13.9. The van der Waals surface area contributed by atoms with Gasteiger partial charge in [-0.3, -0.25) is 4.79 Å². The van der Waals surface area contributed by atoms with E-state index in [2.05, 4.69) is 39.5 Å². The fraction of sp³-hybridized carbons (Fsp3) is 0.237. The van der Waals surface area contributed by atoms with Gasteiger partial charge in [-0.05, 0) is 84.8 Å². The van der Waals surface area contributed by atoms with Gasteiger partial charge in [-0.15, -0.1) is 6.58 Å². The van der Waals surface area contributed by atoms with Gasteiger partial charge in [-0.25, -0.2) is 4.98 Å². The summed E-state index contributed by atoms with van der Waals surface area (Å²) < 4.78 is 19.1. The molecular formula is C38H39N3O4. The SMILES string of the molecule is C=CCc1cc(C=Nn2c(-c3cc(C(C)C)c(OC)cc3C)nc3ccccc3c2=O)cc(OC)c1OCc1cccc(C)c1. The van der Waals surface area contributed by atoms with Crippen LogP contribution in [0.5, 0.6) is 17.2 Å². The molecule has 45 heavy (non-hydrogen) atoms.